The van der Waals surface area contributed by atoms with Crippen LogP contribution >= 0.6 is 45.7 Å². The molecule has 0 atom stereocenters. The van der Waals surface area contributed by atoms with Gasteiger partial charge in [-0.2, -0.15) is 0 Å². The Balaban J connectivity index is 2.15. The number of nitrogens with zero attached hydrogens (tertiary/aromatic N) is 4. The van der Waals surface area contributed by atoms with Crippen molar-refractivity contribution in [1.29, 1.82) is 0 Å². The molecule has 0 aliphatic rings. The zero-order chi connectivity index (χ0) is 9.10. The third-order valence-electron chi connectivity index (χ3n) is 1.12. The maximum Gasteiger partial charge on any atom is 0.194 e. The van der Waals surface area contributed by atoms with Gasteiger partial charge in [0.25, 0.3) is 0 Å². The van der Waals surface area contributed by atoms with Gasteiger partial charge in [-0.25, -0.2) is 9.97 Å². The van der Waals surface area contributed by atoms with Crippen molar-refractivity contribution in [2.45, 2.75) is 9.50 Å². The summed E-state index contributed by atoms with van der Waals surface area (Å²) >= 11 is 5.07. The summed E-state index contributed by atoms with van der Waals surface area (Å²) in [5.41, 5.74) is 1.69. The molecule has 0 saturated carbocycles. The van der Waals surface area contributed by atoms with Crippen molar-refractivity contribution >= 4 is 45.7 Å². The number of rotatable bonds is 2. The summed E-state index contributed by atoms with van der Waals surface area (Å²) in [6.07, 6.45) is 3.55. The molecule has 2 aromatic rings. The quantitative estimate of drug-likeness (QED) is 0.626. The van der Waals surface area contributed by atoms with Crippen LogP contribution in [0.1, 0.15) is 0 Å². The van der Waals surface area contributed by atoms with Gasteiger partial charge >= 0.3 is 0 Å². The van der Waals surface area contributed by atoms with Gasteiger partial charge in [0.05, 0.1) is 0 Å². The molecule has 0 spiro atoms. The topological polar surface area (TPSA) is 51.6 Å². The van der Waals surface area contributed by atoms with Crippen LogP contribution < -0.4 is 0 Å². The molecule has 0 unspecified atom stereocenters. The molecule has 13 heavy (non-hydrogen) atoms. The Hall–Kier alpha value is -0.280. The molecular weight excluding hydrogens is 319 g/mol. The number of aromatic nitrogens is 4. The lowest BCUT2D eigenvalue weighted by Crippen LogP contribution is -1.85. The van der Waals surface area contributed by atoms with E-state index < -0.39 is 0 Å². The van der Waals surface area contributed by atoms with Crippen LogP contribution in [0.2, 0.25) is 0 Å². The van der Waals surface area contributed by atoms with Crippen molar-refractivity contribution < 1.29 is 0 Å². The maximum atomic E-state index is 4.14. The molecule has 4 nitrogen and oxygen atoms in total. The minimum atomic E-state index is 0.706. The van der Waals surface area contributed by atoms with Crippen LogP contribution in [0.4, 0.5) is 0 Å². The Morgan fingerprint density at radius 2 is 2.08 bits per heavy atom. The summed E-state index contributed by atoms with van der Waals surface area (Å²) < 4.78 is 1.89. The zero-order valence-electron chi connectivity index (χ0n) is 6.22. The smallest absolute Gasteiger partial charge is 0.194 e. The highest BCUT2D eigenvalue weighted by molar-refractivity contribution is 14.1. The monoisotopic (exact) mass is 322 g/mol. The van der Waals surface area contributed by atoms with Gasteiger partial charge in [-0.3, -0.25) is 0 Å². The van der Waals surface area contributed by atoms with Gasteiger partial charge < -0.3 is 0 Å². The predicted octanol–water partition coefficient (Wildman–Crippen LogP) is 2.08. The first kappa shape index (κ1) is 9.28. The lowest BCUT2D eigenvalue weighted by Gasteiger charge is -1.93. The molecule has 66 valence electrons. The van der Waals surface area contributed by atoms with E-state index in [0.717, 1.165) is 7.91 Å². The van der Waals surface area contributed by atoms with Crippen molar-refractivity contribution in [1.82, 2.24) is 20.2 Å². The lowest BCUT2D eigenvalue weighted by atomic mass is 10.7. The molecule has 0 N–H and O–H groups in total. The zero-order valence-corrected chi connectivity index (χ0v) is 10.0. The molecule has 0 fully saturated rings. The summed E-state index contributed by atoms with van der Waals surface area (Å²) in [5, 5.41) is 8.32. The first-order valence-electron chi connectivity index (χ1n) is 3.26. The molecule has 0 amide bonds. The van der Waals surface area contributed by atoms with E-state index in [9.17, 15) is 0 Å². The largest absolute Gasteiger partial charge is 0.230 e. The SMILES string of the molecule is Ic1cnc(Sc2nncs2)nc1. The van der Waals surface area contributed by atoms with Crippen LogP contribution in [0.3, 0.4) is 0 Å². The molecular formula is C6H3IN4S2. The van der Waals surface area contributed by atoms with Crippen molar-refractivity contribution in [2.24, 2.45) is 0 Å². The normalized spacial score (nSPS) is 10.2. The van der Waals surface area contributed by atoms with Gasteiger partial charge in [0.1, 0.15) is 5.51 Å². The van der Waals surface area contributed by atoms with E-state index in [1.165, 1.54) is 23.1 Å². The maximum absolute atomic E-state index is 4.14. The Morgan fingerprint density at radius 1 is 1.31 bits per heavy atom. The fourth-order valence-corrected chi connectivity index (χ4v) is 2.20. The summed E-state index contributed by atoms with van der Waals surface area (Å²) in [6, 6.07) is 0. The van der Waals surface area contributed by atoms with E-state index in [2.05, 4.69) is 42.8 Å². The molecule has 0 radical (unpaired) electrons. The number of halogens is 1. The summed E-state index contributed by atoms with van der Waals surface area (Å²) in [4.78, 5) is 8.27. The fourth-order valence-electron chi connectivity index (χ4n) is 0.639. The molecule has 2 aromatic heterocycles. The summed E-state index contributed by atoms with van der Waals surface area (Å²) in [6.45, 7) is 0. The summed E-state index contributed by atoms with van der Waals surface area (Å²) in [7, 11) is 0. The van der Waals surface area contributed by atoms with E-state index in [0.29, 0.717) is 5.16 Å². The van der Waals surface area contributed by atoms with Crippen molar-refractivity contribution in [3.8, 4) is 0 Å². The third kappa shape index (κ3) is 2.58. The Bertz CT molecular complexity index is 374. The van der Waals surface area contributed by atoms with Gasteiger partial charge in [0, 0.05) is 16.0 Å². The second kappa shape index (κ2) is 4.29. The van der Waals surface area contributed by atoms with Crippen LogP contribution in [0, 0.1) is 3.57 Å². The van der Waals surface area contributed by atoms with Crippen molar-refractivity contribution in [3.63, 3.8) is 0 Å². The third-order valence-corrected chi connectivity index (χ3v) is 3.34. The van der Waals surface area contributed by atoms with Crippen LogP contribution in [0.5, 0.6) is 0 Å². The second-order valence-corrected chi connectivity index (χ2v) is 5.28. The van der Waals surface area contributed by atoms with Crippen LogP contribution in [0.15, 0.2) is 27.4 Å². The molecule has 7 heteroatoms. The van der Waals surface area contributed by atoms with E-state index in [4.69, 9.17) is 0 Å². The molecule has 2 heterocycles. The van der Waals surface area contributed by atoms with E-state index in [1.54, 1.807) is 17.9 Å². The van der Waals surface area contributed by atoms with E-state index >= 15 is 0 Å². The van der Waals surface area contributed by atoms with Crippen LogP contribution in [-0.4, -0.2) is 20.2 Å². The van der Waals surface area contributed by atoms with E-state index in [1.807, 2.05) is 0 Å². The van der Waals surface area contributed by atoms with Crippen molar-refractivity contribution in [2.75, 3.05) is 0 Å². The molecule has 0 bridgehead atoms. The van der Waals surface area contributed by atoms with Crippen molar-refractivity contribution in [3.05, 3.63) is 21.5 Å². The Labute approximate surface area is 96.4 Å². The minimum absolute atomic E-state index is 0.706. The Kier molecular flexibility index (Phi) is 3.06. The number of hydrogen-bond acceptors (Lipinski definition) is 6. The first-order chi connectivity index (χ1) is 6.34. The highest BCUT2D eigenvalue weighted by atomic mass is 127. The molecule has 0 saturated heterocycles. The highest BCUT2D eigenvalue weighted by Crippen LogP contribution is 2.24. The molecule has 0 aromatic carbocycles. The van der Waals surface area contributed by atoms with Gasteiger partial charge in [0.15, 0.2) is 9.50 Å². The average molecular weight is 322 g/mol. The fraction of sp³-hybridized carbons (Fsp3) is 0. The molecule has 0 aliphatic heterocycles. The van der Waals surface area contributed by atoms with Gasteiger partial charge in [-0.15, -0.1) is 10.2 Å². The van der Waals surface area contributed by atoms with E-state index in [-0.39, 0.29) is 0 Å². The average Bonchev–Trinajstić information content (AvgIpc) is 2.62. The lowest BCUT2D eigenvalue weighted by molar-refractivity contribution is 0.946. The molecule has 0 aliphatic carbocycles. The number of hydrogen-bond donors (Lipinski definition) is 0. The van der Waals surface area contributed by atoms with Crippen LogP contribution in [0.25, 0.3) is 0 Å². The second-order valence-electron chi connectivity index (χ2n) is 1.99. The van der Waals surface area contributed by atoms with Gasteiger partial charge in [0.2, 0.25) is 0 Å². The molecule has 2 rings (SSSR count). The van der Waals surface area contributed by atoms with Gasteiger partial charge in [-0.05, 0) is 34.4 Å². The first-order valence-corrected chi connectivity index (χ1v) is 6.03. The predicted molar refractivity (Wildman–Crippen MR) is 58.8 cm³/mol. The van der Waals surface area contributed by atoms with Crippen LogP contribution in [-0.2, 0) is 0 Å². The standard InChI is InChI=1S/C6H3IN4S2/c7-4-1-8-5(9-2-4)13-6-11-10-3-12-6/h1-3H. The highest BCUT2D eigenvalue weighted by Gasteiger charge is 2.02. The van der Waals surface area contributed by atoms with Gasteiger partial charge in [-0.1, -0.05) is 11.3 Å². The summed E-state index contributed by atoms with van der Waals surface area (Å²) in [5.74, 6) is 0. The minimum Gasteiger partial charge on any atom is -0.230 e. The Morgan fingerprint density at radius 3 is 2.69 bits per heavy atom.